The van der Waals surface area contributed by atoms with Crippen molar-refractivity contribution in [1.29, 1.82) is 0 Å². The van der Waals surface area contributed by atoms with Crippen LogP contribution < -0.4 is 5.32 Å². The fourth-order valence-electron chi connectivity index (χ4n) is 2.22. The quantitative estimate of drug-likeness (QED) is 0.847. The van der Waals surface area contributed by atoms with Gasteiger partial charge in [0, 0.05) is 17.7 Å². The van der Waals surface area contributed by atoms with Crippen molar-refractivity contribution in [3.05, 3.63) is 70.0 Å². The minimum atomic E-state index is -0.615. The molecule has 0 amide bonds. The van der Waals surface area contributed by atoms with Crippen molar-refractivity contribution >= 4 is 11.6 Å². The van der Waals surface area contributed by atoms with Gasteiger partial charge in [-0.25, -0.2) is 13.2 Å². The van der Waals surface area contributed by atoms with Crippen molar-refractivity contribution in [2.75, 3.05) is 6.54 Å². The maximum atomic E-state index is 13.9. The molecule has 2 aromatic rings. The van der Waals surface area contributed by atoms with Gasteiger partial charge < -0.3 is 5.32 Å². The Labute approximate surface area is 126 Å². The molecule has 0 aliphatic rings. The van der Waals surface area contributed by atoms with E-state index in [2.05, 4.69) is 5.32 Å². The van der Waals surface area contributed by atoms with Gasteiger partial charge in [0.15, 0.2) is 0 Å². The van der Waals surface area contributed by atoms with Gasteiger partial charge in [0.25, 0.3) is 0 Å². The maximum absolute atomic E-state index is 13.9. The summed E-state index contributed by atoms with van der Waals surface area (Å²) >= 11 is 5.75. The molecule has 0 radical (unpaired) electrons. The molecule has 0 spiro atoms. The van der Waals surface area contributed by atoms with E-state index in [0.717, 1.165) is 11.6 Å². The van der Waals surface area contributed by atoms with E-state index < -0.39 is 17.5 Å². The number of rotatable bonds is 5. The Morgan fingerprint density at radius 1 is 1.05 bits per heavy atom. The highest BCUT2D eigenvalue weighted by atomic mass is 35.5. The molecule has 0 aliphatic heterocycles. The molecule has 21 heavy (non-hydrogen) atoms. The lowest BCUT2D eigenvalue weighted by Crippen LogP contribution is -2.24. The van der Waals surface area contributed by atoms with Crippen LogP contribution >= 0.6 is 11.6 Å². The second-order valence-corrected chi connectivity index (χ2v) is 5.14. The molecule has 0 aromatic heterocycles. The summed E-state index contributed by atoms with van der Waals surface area (Å²) in [7, 11) is 0. The van der Waals surface area contributed by atoms with E-state index in [0.29, 0.717) is 18.5 Å². The summed E-state index contributed by atoms with van der Waals surface area (Å²) < 4.78 is 40.1. The highest BCUT2D eigenvalue weighted by Gasteiger charge is 2.16. The van der Waals surface area contributed by atoms with Crippen LogP contribution in [-0.2, 0) is 6.42 Å². The van der Waals surface area contributed by atoms with Gasteiger partial charge in [-0.05, 0) is 36.7 Å². The van der Waals surface area contributed by atoms with Crippen LogP contribution in [-0.4, -0.2) is 6.54 Å². The van der Waals surface area contributed by atoms with Crippen LogP contribution in [0.5, 0.6) is 0 Å². The van der Waals surface area contributed by atoms with Crippen molar-refractivity contribution in [3.63, 3.8) is 0 Å². The molecule has 2 rings (SSSR count). The molecule has 1 unspecified atom stereocenters. The van der Waals surface area contributed by atoms with Crippen molar-refractivity contribution < 1.29 is 13.2 Å². The van der Waals surface area contributed by atoms with Crippen LogP contribution in [0.25, 0.3) is 0 Å². The monoisotopic (exact) mass is 313 g/mol. The molecule has 0 aliphatic carbocycles. The standard InChI is InChI=1S/C16H15ClF3N/c1-2-21-16(12-5-4-11(18)9-15(12)20)8-10-3-6-14(19)13(17)7-10/h3-7,9,16,21H,2,8H2,1H3. The summed E-state index contributed by atoms with van der Waals surface area (Å²) in [5.41, 5.74) is 1.15. The highest BCUT2D eigenvalue weighted by Crippen LogP contribution is 2.24. The lowest BCUT2D eigenvalue weighted by Gasteiger charge is -2.19. The topological polar surface area (TPSA) is 12.0 Å². The van der Waals surface area contributed by atoms with Crippen molar-refractivity contribution in [2.24, 2.45) is 0 Å². The maximum Gasteiger partial charge on any atom is 0.141 e. The number of halogens is 4. The number of nitrogens with one attached hydrogen (secondary N) is 1. The van der Waals surface area contributed by atoms with Gasteiger partial charge in [0.05, 0.1) is 5.02 Å². The van der Waals surface area contributed by atoms with Gasteiger partial charge >= 0.3 is 0 Å². The first kappa shape index (κ1) is 15.9. The lowest BCUT2D eigenvalue weighted by atomic mass is 9.98. The molecule has 1 nitrogen and oxygen atoms in total. The van der Waals surface area contributed by atoms with E-state index in [-0.39, 0.29) is 11.1 Å². The van der Waals surface area contributed by atoms with Gasteiger partial charge in [0.2, 0.25) is 0 Å². The Kier molecular flexibility index (Phi) is 5.26. The van der Waals surface area contributed by atoms with E-state index >= 15 is 0 Å². The molecular weight excluding hydrogens is 299 g/mol. The van der Waals surface area contributed by atoms with Gasteiger partial charge in [-0.1, -0.05) is 30.7 Å². The largest absolute Gasteiger partial charge is 0.310 e. The van der Waals surface area contributed by atoms with Crippen LogP contribution in [0.15, 0.2) is 36.4 Å². The Hall–Kier alpha value is -1.52. The van der Waals surface area contributed by atoms with Crippen LogP contribution in [0.1, 0.15) is 24.1 Å². The fourth-order valence-corrected chi connectivity index (χ4v) is 2.43. The molecular formula is C16H15ClF3N. The van der Waals surface area contributed by atoms with Gasteiger partial charge in [-0.2, -0.15) is 0 Å². The Morgan fingerprint density at radius 3 is 2.43 bits per heavy atom. The first-order valence-electron chi connectivity index (χ1n) is 6.63. The van der Waals surface area contributed by atoms with Crippen molar-refractivity contribution in [1.82, 2.24) is 5.32 Å². The zero-order valence-corrected chi connectivity index (χ0v) is 12.2. The van der Waals surface area contributed by atoms with E-state index in [1.807, 2.05) is 6.92 Å². The molecule has 1 N–H and O–H groups in total. The van der Waals surface area contributed by atoms with Crippen LogP contribution in [0.4, 0.5) is 13.2 Å². The molecule has 2 aromatic carbocycles. The molecule has 0 heterocycles. The highest BCUT2D eigenvalue weighted by molar-refractivity contribution is 6.30. The number of likely N-dealkylation sites (N-methyl/N-ethyl adjacent to an activating group) is 1. The smallest absolute Gasteiger partial charge is 0.141 e. The lowest BCUT2D eigenvalue weighted by molar-refractivity contribution is 0.502. The molecule has 5 heteroatoms. The van der Waals surface area contributed by atoms with Gasteiger partial charge in [-0.15, -0.1) is 0 Å². The normalized spacial score (nSPS) is 12.4. The second kappa shape index (κ2) is 6.96. The summed E-state index contributed by atoms with van der Waals surface area (Å²) in [4.78, 5) is 0. The third-order valence-corrected chi connectivity index (χ3v) is 3.50. The first-order valence-corrected chi connectivity index (χ1v) is 7.01. The number of hydrogen-bond donors (Lipinski definition) is 1. The predicted molar refractivity (Wildman–Crippen MR) is 77.9 cm³/mol. The summed E-state index contributed by atoms with van der Waals surface area (Å²) in [5.74, 6) is -1.71. The summed E-state index contributed by atoms with van der Waals surface area (Å²) in [6.07, 6.45) is 0.427. The Bertz CT molecular complexity index is 631. The minimum absolute atomic E-state index is 0.0299. The second-order valence-electron chi connectivity index (χ2n) is 4.73. The average Bonchev–Trinajstić information content (AvgIpc) is 2.42. The number of hydrogen-bond acceptors (Lipinski definition) is 1. The zero-order valence-electron chi connectivity index (χ0n) is 11.5. The third kappa shape index (κ3) is 3.99. The van der Waals surface area contributed by atoms with Crippen molar-refractivity contribution in [3.8, 4) is 0 Å². The summed E-state index contributed by atoms with van der Waals surface area (Å²) in [5, 5.41) is 3.17. The van der Waals surface area contributed by atoms with E-state index in [9.17, 15) is 13.2 Å². The average molecular weight is 314 g/mol. The van der Waals surface area contributed by atoms with E-state index in [4.69, 9.17) is 11.6 Å². The molecule has 0 bridgehead atoms. The zero-order chi connectivity index (χ0) is 15.4. The molecule has 0 fully saturated rings. The summed E-state index contributed by atoms with van der Waals surface area (Å²) in [6, 6.07) is 7.56. The SMILES string of the molecule is CCNC(Cc1ccc(F)c(Cl)c1)c1ccc(F)cc1F. The van der Waals surface area contributed by atoms with Gasteiger partial charge in [0.1, 0.15) is 17.5 Å². The van der Waals surface area contributed by atoms with Crippen LogP contribution in [0.2, 0.25) is 5.02 Å². The predicted octanol–water partition coefficient (Wildman–Crippen LogP) is 4.65. The molecule has 112 valence electrons. The fraction of sp³-hybridized carbons (Fsp3) is 0.250. The van der Waals surface area contributed by atoms with Crippen LogP contribution in [0, 0.1) is 17.5 Å². The van der Waals surface area contributed by atoms with E-state index in [1.165, 1.54) is 24.3 Å². The van der Waals surface area contributed by atoms with E-state index in [1.54, 1.807) is 6.07 Å². The minimum Gasteiger partial charge on any atom is -0.310 e. The van der Waals surface area contributed by atoms with Crippen LogP contribution in [0.3, 0.4) is 0 Å². The molecule has 0 saturated carbocycles. The van der Waals surface area contributed by atoms with Crippen molar-refractivity contribution in [2.45, 2.75) is 19.4 Å². The summed E-state index contributed by atoms with van der Waals surface area (Å²) in [6.45, 7) is 2.52. The molecule has 1 atom stereocenters. The Morgan fingerprint density at radius 2 is 1.81 bits per heavy atom. The Balaban J connectivity index is 2.28. The number of benzene rings is 2. The third-order valence-electron chi connectivity index (χ3n) is 3.21. The first-order chi connectivity index (χ1) is 10.0. The van der Waals surface area contributed by atoms with Gasteiger partial charge in [-0.3, -0.25) is 0 Å². The molecule has 0 saturated heterocycles.